The molecule has 2 aromatic rings. The average Bonchev–Trinajstić information content (AvgIpc) is 3.04. The van der Waals surface area contributed by atoms with Crippen LogP contribution in [0.4, 0.5) is 10.1 Å². The molecular formula is C20H20FNO4. The standard InChI is InChI=1S/C20H20FNO4/c1-13-3-4-16(21)9-15(13)12-26-18-7-5-17(6-8-18)22-11-14(10-19(22)23)20(24)25-2/h3-9,14H,10-12H2,1-2H3/t14-/m0/s1. The fraction of sp³-hybridized carbons (Fsp3) is 0.300. The quantitative estimate of drug-likeness (QED) is 0.771. The fourth-order valence-corrected chi connectivity index (χ4v) is 2.96. The third-order valence-corrected chi connectivity index (χ3v) is 4.51. The molecule has 0 aromatic heterocycles. The van der Waals surface area contributed by atoms with E-state index in [2.05, 4.69) is 0 Å². The predicted molar refractivity (Wildman–Crippen MR) is 94.4 cm³/mol. The summed E-state index contributed by atoms with van der Waals surface area (Å²) >= 11 is 0. The number of ether oxygens (including phenoxy) is 2. The van der Waals surface area contributed by atoms with Crippen molar-refractivity contribution in [2.75, 3.05) is 18.6 Å². The highest BCUT2D eigenvalue weighted by atomic mass is 19.1. The molecule has 0 N–H and O–H groups in total. The molecule has 1 heterocycles. The number of anilines is 1. The maximum Gasteiger partial charge on any atom is 0.311 e. The maximum absolute atomic E-state index is 13.3. The molecule has 0 unspecified atom stereocenters. The first-order valence-electron chi connectivity index (χ1n) is 8.34. The topological polar surface area (TPSA) is 55.8 Å². The lowest BCUT2D eigenvalue weighted by molar-refractivity contribution is -0.145. The van der Waals surface area contributed by atoms with Crippen LogP contribution in [0.2, 0.25) is 0 Å². The Morgan fingerprint density at radius 1 is 1.23 bits per heavy atom. The van der Waals surface area contributed by atoms with Crippen molar-refractivity contribution in [3.63, 3.8) is 0 Å². The summed E-state index contributed by atoms with van der Waals surface area (Å²) in [5.41, 5.74) is 2.44. The van der Waals surface area contributed by atoms with Crippen LogP contribution in [-0.2, 0) is 20.9 Å². The molecule has 6 heteroatoms. The molecule has 0 aliphatic carbocycles. The Morgan fingerprint density at radius 3 is 2.65 bits per heavy atom. The summed E-state index contributed by atoms with van der Waals surface area (Å²) in [7, 11) is 1.32. The van der Waals surface area contributed by atoms with Gasteiger partial charge in [-0.15, -0.1) is 0 Å². The number of hydrogen-bond acceptors (Lipinski definition) is 4. The minimum absolute atomic E-state index is 0.107. The summed E-state index contributed by atoms with van der Waals surface area (Å²) in [5, 5.41) is 0. The summed E-state index contributed by atoms with van der Waals surface area (Å²) in [6.07, 6.45) is 0.157. The maximum atomic E-state index is 13.3. The monoisotopic (exact) mass is 357 g/mol. The van der Waals surface area contributed by atoms with E-state index in [9.17, 15) is 14.0 Å². The van der Waals surface area contributed by atoms with Crippen LogP contribution < -0.4 is 9.64 Å². The molecule has 26 heavy (non-hydrogen) atoms. The van der Waals surface area contributed by atoms with E-state index in [1.54, 1.807) is 35.2 Å². The van der Waals surface area contributed by atoms with Gasteiger partial charge in [-0.1, -0.05) is 6.07 Å². The molecule has 0 spiro atoms. The Labute approximate surface area is 151 Å². The smallest absolute Gasteiger partial charge is 0.311 e. The third kappa shape index (κ3) is 3.85. The molecule has 2 aromatic carbocycles. The van der Waals surface area contributed by atoms with Crippen molar-refractivity contribution < 1.29 is 23.5 Å². The van der Waals surface area contributed by atoms with E-state index in [-0.39, 0.29) is 30.7 Å². The number of esters is 1. The first-order valence-corrected chi connectivity index (χ1v) is 8.34. The van der Waals surface area contributed by atoms with Gasteiger partial charge in [0.25, 0.3) is 0 Å². The van der Waals surface area contributed by atoms with Crippen molar-refractivity contribution >= 4 is 17.6 Å². The summed E-state index contributed by atoms with van der Waals surface area (Å²) < 4.78 is 23.7. The molecule has 1 saturated heterocycles. The van der Waals surface area contributed by atoms with Gasteiger partial charge in [-0.25, -0.2) is 4.39 Å². The molecule has 136 valence electrons. The Kier molecular flexibility index (Phi) is 5.21. The van der Waals surface area contributed by atoms with Crippen molar-refractivity contribution in [3.8, 4) is 5.75 Å². The first kappa shape index (κ1) is 17.9. The molecule has 0 saturated carbocycles. The highest BCUT2D eigenvalue weighted by Gasteiger charge is 2.35. The van der Waals surface area contributed by atoms with Crippen LogP contribution in [0.5, 0.6) is 5.75 Å². The number of halogens is 1. The molecule has 3 rings (SSSR count). The molecule has 0 bridgehead atoms. The zero-order chi connectivity index (χ0) is 18.7. The van der Waals surface area contributed by atoms with Crippen molar-refractivity contribution in [2.45, 2.75) is 20.0 Å². The Hall–Kier alpha value is -2.89. The molecule has 5 nitrogen and oxygen atoms in total. The van der Waals surface area contributed by atoms with Crippen molar-refractivity contribution in [2.24, 2.45) is 5.92 Å². The molecule has 1 fully saturated rings. The van der Waals surface area contributed by atoms with Crippen LogP contribution in [0.15, 0.2) is 42.5 Å². The van der Waals surface area contributed by atoms with Crippen LogP contribution in [0.1, 0.15) is 17.5 Å². The number of carbonyl (C=O) groups is 2. The predicted octanol–water partition coefficient (Wildman–Crippen LogP) is 3.24. The summed E-state index contributed by atoms with van der Waals surface area (Å²) in [6.45, 7) is 2.47. The minimum Gasteiger partial charge on any atom is -0.489 e. The molecular weight excluding hydrogens is 337 g/mol. The van der Waals surface area contributed by atoms with Gasteiger partial charge in [0.05, 0.1) is 13.0 Å². The van der Waals surface area contributed by atoms with Gasteiger partial charge in [-0.05, 0) is 54.4 Å². The Morgan fingerprint density at radius 2 is 1.96 bits per heavy atom. The molecule has 1 aliphatic heterocycles. The molecule has 0 radical (unpaired) electrons. The van der Waals surface area contributed by atoms with E-state index in [4.69, 9.17) is 9.47 Å². The van der Waals surface area contributed by atoms with E-state index in [0.717, 1.165) is 11.1 Å². The number of hydrogen-bond donors (Lipinski definition) is 0. The SMILES string of the molecule is COC(=O)[C@H]1CC(=O)N(c2ccc(OCc3cc(F)ccc3C)cc2)C1. The summed E-state index contributed by atoms with van der Waals surface area (Å²) in [5.74, 6) is -0.582. The van der Waals surface area contributed by atoms with Gasteiger partial charge in [0, 0.05) is 18.7 Å². The zero-order valence-corrected chi connectivity index (χ0v) is 14.7. The van der Waals surface area contributed by atoms with Crippen molar-refractivity contribution in [1.29, 1.82) is 0 Å². The van der Waals surface area contributed by atoms with Gasteiger partial charge in [-0.2, -0.15) is 0 Å². The second-order valence-electron chi connectivity index (χ2n) is 6.28. The van der Waals surface area contributed by atoms with Crippen molar-refractivity contribution in [3.05, 3.63) is 59.4 Å². The number of benzene rings is 2. The van der Waals surface area contributed by atoms with Crippen molar-refractivity contribution in [1.82, 2.24) is 0 Å². The normalized spacial score (nSPS) is 16.7. The van der Waals surface area contributed by atoms with Crippen LogP contribution in [0.3, 0.4) is 0 Å². The van der Waals surface area contributed by atoms with Gasteiger partial charge in [-0.3, -0.25) is 9.59 Å². The second-order valence-corrected chi connectivity index (χ2v) is 6.28. The number of carbonyl (C=O) groups excluding carboxylic acids is 2. The van der Waals surface area contributed by atoms with Crippen LogP contribution >= 0.6 is 0 Å². The van der Waals surface area contributed by atoms with Gasteiger partial charge >= 0.3 is 5.97 Å². The first-order chi connectivity index (χ1) is 12.5. The number of methoxy groups -OCH3 is 1. The van der Waals surface area contributed by atoms with Gasteiger partial charge in [0.15, 0.2) is 0 Å². The Balaban J connectivity index is 1.64. The van der Waals surface area contributed by atoms with Gasteiger partial charge < -0.3 is 14.4 Å². The highest BCUT2D eigenvalue weighted by molar-refractivity contribution is 5.99. The Bertz CT molecular complexity index is 819. The third-order valence-electron chi connectivity index (χ3n) is 4.51. The number of rotatable bonds is 5. The van der Waals surface area contributed by atoms with E-state index >= 15 is 0 Å². The van der Waals surface area contributed by atoms with E-state index in [1.807, 2.05) is 6.92 Å². The fourth-order valence-electron chi connectivity index (χ4n) is 2.96. The number of amides is 1. The lowest BCUT2D eigenvalue weighted by Crippen LogP contribution is -2.26. The summed E-state index contributed by atoms with van der Waals surface area (Å²) in [4.78, 5) is 25.3. The lowest BCUT2D eigenvalue weighted by atomic mass is 10.1. The lowest BCUT2D eigenvalue weighted by Gasteiger charge is -2.17. The van der Waals surface area contributed by atoms with E-state index in [0.29, 0.717) is 18.0 Å². The van der Waals surface area contributed by atoms with E-state index < -0.39 is 5.92 Å². The van der Waals surface area contributed by atoms with Crippen LogP contribution in [0.25, 0.3) is 0 Å². The molecule has 1 amide bonds. The molecule has 1 aliphatic rings. The number of aryl methyl sites for hydroxylation is 1. The number of nitrogens with zero attached hydrogens (tertiary/aromatic N) is 1. The molecule has 1 atom stereocenters. The summed E-state index contributed by atoms with van der Waals surface area (Å²) in [6, 6.07) is 11.6. The minimum atomic E-state index is -0.431. The highest BCUT2D eigenvalue weighted by Crippen LogP contribution is 2.27. The second kappa shape index (κ2) is 7.56. The van der Waals surface area contributed by atoms with Crippen LogP contribution in [0, 0.1) is 18.7 Å². The van der Waals surface area contributed by atoms with E-state index in [1.165, 1.54) is 19.2 Å². The average molecular weight is 357 g/mol. The van der Waals surface area contributed by atoms with Gasteiger partial charge in [0.2, 0.25) is 5.91 Å². The zero-order valence-electron chi connectivity index (χ0n) is 14.7. The van der Waals surface area contributed by atoms with Gasteiger partial charge in [0.1, 0.15) is 18.2 Å². The largest absolute Gasteiger partial charge is 0.489 e. The van der Waals surface area contributed by atoms with Crippen LogP contribution in [-0.4, -0.2) is 25.5 Å².